The molecule has 5 heteroatoms. The highest BCUT2D eigenvalue weighted by atomic mass is 32.1. The van der Waals surface area contributed by atoms with Crippen LogP contribution in [-0.2, 0) is 19.4 Å². The Hall–Kier alpha value is -1.72. The van der Waals surface area contributed by atoms with Crippen molar-refractivity contribution >= 4 is 17.3 Å². The van der Waals surface area contributed by atoms with Gasteiger partial charge >= 0.3 is 5.97 Å². The average molecular weight is 330 g/mol. The highest BCUT2D eigenvalue weighted by molar-refractivity contribution is 7.16. The maximum Gasteiger partial charge on any atom is 0.337 e. The van der Waals surface area contributed by atoms with Crippen LogP contribution in [0.2, 0.25) is 0 Å². The van der Waals surface area contributed by atoms with Crippen LogP contribution in [0.1, 0.15) is 46.6 Å². The minimum absolute atomic E-state index is 0.168. The van der Waals surface area contributed by atoms with Crippen molar-refractivity contribution < 1.29 is 9.90 Å². The maximum absolute atomic E-state index is 11.9. The molecule has 2 N–H and O–H groups in total. The Morgan fingerprint density at radius 2 is 2.22 bits per heavy atom. The Bertz CT molecular complexity index is 749. The van der Waals surface area contributed by atoms with Crippen molar-refractivity contribution in [2.45, 2.75) is 39.7 Å². The first kappa shape index (κ1) is 16.1. The van der Waals surface area contributed by atoms with Crippen LogP contribution in [0.3, 0.4) is 0 Å². The largest absolute Gasteiger partial charge is 0.478 e. The number of hydrogen-bond donors (Lipinski definition) is 2. The number of carboxylic acids is 1. The molecule has 0 aliphatic heterocycles. The van der Waals surface area contributed by atoms with E-state index in [0.29, 0.717) is 5.56 Å². The first-order chi connectivity index (χ1) is 10.9. The molecule has 0 saturated heterocycles. The molecule has 0 aromatic carbocycles. The normalized spacial score (nSPS) is 16.1. The van der Waals surface area contributed by atoms with Crippen LogP contribution in [-0.4, -0.2) is 23.1 Å². The van der Waals surface area contributed by atoms with E-state index in [2.05, 4.69) is 24.1 Å². The smallest absolute Gasteiger partial charge is 0.337 e. The number of nitrogens with one attached hydrogen (secondary N) is 1. The highest BCUT2D eigenvalue weighted by Crippen LogP contribution is 2.45. The number of nitrogens with zero attached hydrogens (tertiary/aromatic N) is 1. The maximum atomic E-state index is 11.9. The van der Waals surface area contributed by atoms with Crippen LogP contribution in [0.4, 0.5) is 0 Å². The first-order valence-electron chi connectivity index (χ1n) is 7.88. The summed E-state index contributed by atoms with van der Waals surface area (Å²) in [5, 5.41) is 12.9. The number of rotatable bonds is 4. The van der Waals surface area contributed by atoms with E-state index in [4.69, 9.17) is 0 Å². The number of carboxylic acid groups (broad SMARTS) is 1. The summed E-state index contributed by atoms with van der Waals surface area (Å²) in [6, 6.07) is 2.04. The van der Waals surface area contributed by atoms with Crippen LogP contribution >= 0.6 is 11.3 Å². The molecule has 3 rings (SSSR count). The Labute approximate surface area is 140 Å². The minimum Gasteiger partial charge on any atom is -0.478 e. The Balaban J connectivity index is 2.12. The van der Waals surface area contributed by atoms with Gasteiger partial charge in [-0.05, 0) is 48.9 Å². The number of aryl methyl sites for hydroxylation is 1. The molecule has 0 spiro atoms. The number of hydrogen-bond acceptors (Lipinski definition) is 4. The molecule has 2 heterocycles. The Morgan fingerprint density at radius 1 is 1.43 bits per heavy atom. The third-order valence-electron chi connectivity index (χ3n) is 4.43. The summed E-state index contributed by atoms with van der Waals surface area (Å²) in [4.78, 5) is 18.3. The molecule has 122 valence electrons. The average Bonchev–Trinajstić information content (AvgIpc) is 2.85. The number of aromatic nitrogens is 1. The van der Waals surface area contributed by atoms with Crippen LogP contribution < -0.4 is 5.32 Å². The molecule has 0 bridgehead atoms. The van der Waals surface area contributed by atoms with Gasteiger partial charge in [0, 0.05) is 29.4 Å². The molecule has 0 atom stereocenters. The van der Waals surface area contributed by atoms with Crippen LogP contribution in [0.15, 0.2) is 18.5 Å². The van der Waals surface area contributed by atoms with Gasteiger partial charge in [0.2, 0.25) is 0 Å². The summed E-state index contributed by atoms with van der Waals surface area (Å²) in [5.74, 6) is -0.825. The zero-order chi connectivity index (χ0) is 16.6. The summed E-state index contributed by atoms with van der Waals surface area (Å²) in [7, 11) is 1.89. The third-order valence-corrected chi connectivity index (χ3v) is 5.77. The quantitative estimate of drug-likeness (QED) is 0.896. The predicted octanol–water partition coefficient (Wildman–Crippen LogP) is 3.74. The second-order valence-corrected chi connectivity index (χ2v) is 8.07. The molecule has 23 heavy (non-hydrogen) atoms. The van der Waals surface area contributed by atoms with Gasteiger partial charge in [0.25, 0.3) is 0 Å². The highest BCUT2D eigenvalue weighted by Gasteiger charge is 2.32. The van der Waals surface area contributed by atoms with E-state index in [1.165, 1.54) is 4.88 Å². The van der Waals surface area contributed by atoms with E-state index in [9.17, 15) is 9.90 Å². The Kier molecular flexibility index (Phi) is 4.25. The van der Waals surface area contributed by atoms with Crippen LogP contribution in [0.5, 0.6) is 0 Å². The number of fused-ring (bicyclic) bond motifs is 1. The van der Waals surface area contributed by atoms with Gasteiger partial charge < -0.3 is 10.4 Å². The van der Waals surface area contributed by atoms with Gasteiger partial charge in [-0.1, -0.05) is 13.8 Å². The topological polar surface area (TPSA) is 62.2 Å². The van der Waals surface area contributed by atoms with Gasteiger partial charge in [-0.15, -0.1) is 11.3 Å². The van der Waals surface area contributed by atoms with E-state index in [-0.39, 0.29) is 5.41 Å². The summed E-state index contributed by atoms with van der Waals surface area (Å²) < 4.78 is 0. The van der Waals surface area contributed by atoms with Gasteiger partial charge in [-0.3, -0.25) is 4.98 Å². The number of thiophene rings is 1. The van der Waals surface area contributed by atoms with Crippen molar-refractivity contribution in [3.05, 3.63) is 40.0 Å². The van der Waals surface area contributed by atoms with E-state index in [1.807, 2.05) is 19.3 Å². The molecule has 4 nitrogen and oxygen atoms in total. The van der Waals surface area contributed by atoms with Crippen LogP contribution in [0.25, 0.3) is 10.4 Å². The standard InChI is InChI=1S/C18H22N2O2S/c1-18(2)5-4-14-13(7-18)15(17(21)22)16(23-14)12-6-11(8-19-3)9-20-10-12/h6,9-10,19H,4-5,7-8H2,1-3H3,(H,21,22). The van der Waals surface area contributed by atoms with E-state index >= 15 is 0 Å². The van der Waals surface area contributed by atoms with Crippen molar-refractivity contribution in [3.63, 3.8) is 0 Å². The van der Waals surface area contributed by atoms with Crippen molar-refractivity contribution in [2.24, 2.45) is 5.41 Å². The minimum atomic E-state index is -0.825. The van der Waals surface area contributed by atoms with Gasteiger partial charge in [0.15, 0.2) is 0 Å². The summed E-state index contributed by atoms with van der Waals surface area (Å²) in [6.45, 7) is 5.16. The molecule has 0 amide bonds. The zero-order valence-corrected chi connectivity index (χ0v) is 14.6. The lowest BCUT2D eigenvalue weighted by atomic mass is 9.76. The van der Waals surface area contributed by atoms with Gasteiger partial charge in [0.1, 0.15) is 0 Å². The lowest BCUT2D eigenvalue weighted by molar-refractivity contribution is 0.0696. The van der Waals surface area contributed by atoms with Gasteiger partial charge in [-0.25, -0.2) is 4.79 Å². The fourth-order valence-electron chi connectivity index (χ4n) is 3.26. The van der Waals surface area contributed by atoms with Gasteiger partial charge in [0.05, 0.1) is 10.4 Å². The molecule has 2 aromatic heterocycles. The molecule has 0 unspecified atom stereocenters. The molecular formula is C18H22N2O2S. The van der Waals surface area contributed by atoms with Gasteiger partial charge in [-0.2, -0.15) is 0 Å². The van der Waals surface area contributed by atoms with Crippen molar-refractivity contribution in [1.29, 1.82) is 0 Å². The van der Waals surface area contributed by atoms with Crippen molar-refractivity contribution in [3.8, 4) is 10.4 Å². The fraction of sp³-hybridized carbons (Fsp3) is 0.444. The van der Waals surface area contributed by atoms with Crippen molar-refractivity contribution in [2.75, 3.05) is 7.05 Å². The second kappa shape index (κ2) is 6.06. The molecule has 0 radical (unpaired) electrons. The molecular weight excluding hydrogens is 308 g/mol. The predicted molar refractivity (Wildman–Crippen MR) is 93.1 cm³/mol. The fourth-order valence-corrected chi connectivity index (χ4v) is 4.55. The number of carbonyl (C=O) groups is 1. The summed E-state index contributed by atoms with van der Waals surface area (Å²) in [6.07, 6.45) is 6.50. The molecule has 1 aliphatic rings. The zero-order valence-electron chi connectivity index (χ0n) is 13.8. The third kappa shape index (κ3) is 3.16. The van der Waals surface area contributed by atoms with Crippen LogP contribution in [0, 0.1) is 5.41 Å². The lowest BCUT2D eigenvalue weighted by Gasteiger charge is -2.29. The van der Waals surface area contributed by atoms with E-state index in [0.717, 1.165) is 47.4 Å². The van der Waals surface area contributed by atoms with E-state index < -0.39 is 5.97 Å². The van der Waals surface area contributed by atoms with E-state index in [1.54, 1.807) is 17.5 Å². The SMILES string of the molecule is CNCc1cncc(-c2sc3c(c2C(=O)O)CC(C)(C)CC3)c1. The molecule has 0 fully saturated rings. The van der Waals surface area contributed by atoms with Crippen molar-refractivity contribution in [1.82, 2.24) is 10.3 Å². The second-order valence-electron chi connectivity index (χ2n) is 6.97. The summed E-state index contributed by atoms with van der Waals surface area (Å²) >= 11 is 1.63. The lowest BCUT2D eigenvalue weighted by Crippen LogP contribution is -2.22. The molecule has 0 saturated carbocycles. The first-order valence-corrected chi connectivity index (χ1v) is 8.69. The molecule has 1 aliphatic carbocycles. The number of aromatic carboxylic acids is 1. The monoisotopic (exact) mass is 330 g/mol. The summed E-state index contributed by atoms with van der Waals surface area (Å²) in [5.41, 5.74) is 3.66. The molecule has 2 aromatic rings. The number of pyridine rings is 1. The Morgan fingerprint density at radius 3 is 2.91 bits per heavy atom.